The monoisotopic (exact) mass is 400 g/mol. The van der Waals surface area contributed by atoms with Gasteiger partial charge in [0.25, 0.3) is 0 Å². The van der Waals surface area contributed by atoms with E-state index in [4.69, 9.17) is 11.6 Å². The number of anilines is 2. The quantitative estimate of drug-likeness (QED) is 0.725. The van der Waals surface area contributed by atoms with Gasteiger partial charge in [0.15, 0.2) is 0 Å². The van der Waals surface area contributed by atoms with E-state index in [0.717, 1.165) is 4.47 Å². The van der Waals surface area contributed by atoms with Crippen LogP contribution in [0.25, 0.3) is 0 Å². The Morgan fingerprint density at radius 1 is 1.05 bits per heavy atom. The number of rotatable bonds is 4. The fraction of sp³-hybridized carbons (Fsp3) is 0.200. The highest BCUT2D eigenvalue weighted by Crippen LogP contribution is 2.28. The summed E-state index contributed by atoms with van der Waals surface area (Å²) in [4.78, 5) is 24.7. The molecule has 0 radical (unpaired) electrons. The molecule has 0 saturated heterocycles. The molecule has 2 amide bonds. The van der Waals surface area contributed by atoms with E-state index in [9.17, 15) is 9.59 Å². The summed E-state index contributed by atoms with van der Waals surface area (Å²) in [5.74, 6) is -0.768. The van der Waals surface area contributed by atoms with Crippen molar-refractivity contribution in [2.45, 2.75) is 13.8 Å². The lowest BCUT2D eigenvalue weighted by Crippen LogP contribution is -2.41. The Hall–Kier alpha value is -1.37. The van der Waals surface area contributed by atoms with Gasteiger partial charge in [-0.05, 0) is 50.2 Å². The maximum Gasteiger partial charge on any atom is 0.240 e. The van der Waals surface area contributed by atoms with Gasteiger partial charge in [-0.2, -0.15) is 0 Å². The molecule has 0 spiro atoms. The molecule has 1 aromatic heterocycles. The third-order valence-electron chi connectivity index (χ3n) is 3.05. The van der Waals surface area contributed by atoms with Crippen molar-refractivity contribution in [2.24, 2.45) is 5.41 Å². The predicted molar refractivity (Wildman–Crippen MR) is 94.5 cm³/mol. The first kappa shape index (κ1) is 17.0. The van der Waals surface area contributed by atoms with Gasteiger partial charge in [-0.3, -0.25) is 9.59 Å². The lowest BCUT2D eigenvalue weighted by Gasteiger charge is -2.22. The van der Waals surface area contributed by atoms with E-state index in [0.29, 0.717) is 15.0 Å². The Morgan fingerprint density at radius 2 is 1.64 bits per heavy atom. The van der Waals surface area contributed by atoms with Crippen LogP contribution in [0, 0.1) is 5.41 Å². The van der Waals surface area contributed by atoms with Gasteiger partial charge in [0.2, 0.25) is 11.8 Å². The Kier molecular flexibility index (Phi) is 5.26. The molecule has 22 heavy (non-hydrogen) atoms. The van der Waals surface area contributed by atoms with Gasteiger partial charge < -0.3 is 10.6 Å². The normalized spacial score (nSPS) is 11.1. The summed E-state index contributed by atoms with van der Waals surface area (Å²) in [6.07, 6.45) is 0. The van der Waals surface area contributed by atoms with Gasteiger partial charge >= 0.3 is 0 Å². The zero-order chi connectivity index (χ0) is 16.3. The summed E-state index contributed by atoms with van der Waals surface area (Å²) >= 11 is 10.4. The smallest absolute Gasteiger partial charge is 0.240 e. The van der Waals surface area contributed by atoms with Crippen molar-refractivity contribution in [1.82, 2.24) is 0 Å². The van der Waals surface area contributed by atoms with Gasteiger partial charge in [-0.15, -0.1) is 11.3 Å². The molecule has 0 aliphatic carbocycles. The molecule has 0 aliphatic rings. The van der Waals surface area contributed by atoms with Crippen LogP contribution in [0.15, 0.2) is 40.9 Å². The number of nitrogens with one attached hydrogen (secondary N) is 2. The van der Waals surface area contributed by atoms with Crippen LogP contribution >= 0.6 is 38.9 Å². The van der Waals surface area contributed by atoms with Crippen molar-refractivity contribution < 1.29 is 9.59 Å². The average molecular weight is 402 g/mol. The molecule has 1 aromatic carbocycles. The molecular weight excluding hydrogens is 388 g/mol. The Morgan fingerprint density at radius 3 is 2.18 bits per heavy atom. The Labute approximate surface area is 146 Å². The number of carbonyl (C=O) groups excluding carboxylic acids is 2. The largest absolute Gasteiger partial charge is 0.325 e. The molecule has 4 nitrogen and oxygen atoms in total. The van der Waals surface area contributed by atoms with Crippen molar-refractivity contribution >= 4 is 61.4 Å². The van der Waals surface area contributed by atoms with Gasteiger partial charge in [0.05, 0.1) is 9.34 Å². The Balaban J connectivity index is 2.05. The SMILES string of the molecule is CC(C)(C(=O)Nc1ccc(Br)cc1)C(=O)Nc1ccc(Cl)s1. The average Bonchev–Trinajstić information content (AvgIpc) is 2.86. The minimum atomic E-state index is -1.22. The highest BCUT2D eigenvalue weighted by Gasteiger charge is 2.36. The number of amides is 2. The van der Waals surface area contributed by atoms with E-state index in [2.05, 4.69) is 26.6 Å². The standard InChI is InChI=1S/C15H14BrClN2O2S/c1-15(2,14(21)19-12-8-7-11(17)22-12)13(20)18-10-5-3-9(16)4-6-10/h3-8H,1-2H3,(H,18,20)(H,19,21). The van der Waals surface area contributed by atoms with Crippen LogP contribution in [0.2, 0.25) is 4.34 Å². The summed E-state index contributed by atoms with van der Waals surface area (Å²) in [5.41, 5.74) is -0.586. The third kappa shape index (κ3) is 4.09. The maximum atomic E-state index is 12.3. The number of hydrogen-bond acceptors (Lipinski definition) is 3. The van der Waals surface area contributed by atoms with E-state index >= 15 is 0 Å². The molecule has 7 heteroatoms. The molecule has 1 heterocycles. The predicted octanol–water partition coefficient (Wildman–Crippen LogP) is 4.77. The van der Waals surface area contributed by atoms with E-state index in [-0.39, 0.29) is 11.8 Å². The summed E-state index contributed by atoms with van der Waals surface area (Å²) in [6, 6.07) is 10.5. The summed E-state index contributed by atoms with van der Waals surface area (Å²) in [6.45, 7) is 3.15. The molecule has 0 aliphatic heterocycles. The number of hydrogen-bond donors (Lipinski definition) is 2. The van der Waals surface area contributed by atoms with E-state index in [1.54, 1.807) is 38.1 Å². The fourth-order valence-corrected chi connectivity index (χ4v) is 2.78. The van der Waals surface area contributed by atoms with E-state index in [1.165, 1.54) is 11.3 Å². The molecular formula is C15H14BrClN2O2S. The Bertz CT molecular complexity index is 698. The lowest BCUT2D eigenvalue weighted by molar-refractivity contribution is -0.135. The summed E-state index contributed by atoms with van der Waals surface area (Å²) in [5, 5.41) is 6.05. The van der Waals surface area contributed by atoms with Crippen molar-refractivity contribution in [3.8, 4) is 0 Å². The zero-order valence-corrected chi connectivity index (χ0v) is 15.1. The first-order valence-corrected chi connectivity index (χ1v) is 8.41. The summed E-state index contributed by atoms with van der Waals surface area (Å²) < 4.78 is 1.49. The molecule has 0 bridgehead atoms. The van der Waals surface area contributed by atoms with Crippen molar-refractivity contribution in [2.75, 3.05) is 10.6 Å². The van der Waals surface area contributed by atoms with E-state index < -0.39 is 5.41 Å². The second-order valence-electron chi connectivity index (χ2n) is 5.14. The highest BCUT2D eigenvalue weighted by atomic mass is 79.9. The molecule has 0 atom stereocenters. The molecule has 0 saturated carbocycles. The number of thiophene rings is 1. The number of benzene rings is 1. The van der Waals surface area contributed by atoms with E-state index in [1.807, 2.05) is 12.1 Å². The van der Waals surface area contributed by atoms with Gasteiger partial charge in [0, 0.05) is 10.2 Å². The molecule has 0 unspecified atom stereocenters. The number of halogens is 2. The molecule has 2 rings (SSSR count). The van der Waals surface area contributed by atoms with Crippen molar-refractivity contribution in [1.29, 1.82) is 0 Å². The van der Waals surface area contributed by atoms with Crippen LogP contribution in [-0.2, 0) is 9.59 Å². The first-order chi connectivity index (χ1) is 10.3. The minimum absolute atomic E-state index is 0.380. The second kappa shape index (κ2) is 6.81. The number of carbonyl (C=O) groups is 2. The van der Waals surface area contributed by atoms with Gasteiger partial charge in [-0.1, -0.05) is 27.5 Å². The van der Waals surface area contributed by atoms with Crippen LogP contribution in [0.4, 0.5) is 10.7 Å². The van der Waals surface area contributed by atoms with Crippen molar-refractivity contribution in [3.63, 3.8) is 0 Å². The lowest BCUT2D eigenvalue weighted by atomic mass is 9.91. The zero-order valence-electron chi connectivity index (χ0n) is 11.9. The highest BCUT2D eigenvalue weighted by molar-refractivity contribution is 9.10. The maximum absolute atomic E-state index is 12.3. The van der Waals surface area contributed by atoms with Crippen LogP contribution in [0.5, 0.6) is 0 Å². The molecule has 116 valence electrons. The van der Waals surface area contributed by atoms with Crippen LogP contribution < -0.4 is 10.6 Å². The van der Waals surface area contributed by atoms with Crippen LogP contribution in [-0.4, -0.2) is 11.8 Å². The molecule has 0 fully saturated rings. The van der Waals surface area contributed by atoms with Crippen molar-refractivity contribution in [3.05, 3.63) is 45.2 Å². The summed E-state index contributed by atoms with van der Waals surface area (Å²) in [7, 11) is 0. The third-order valence-corrected chi connectivity index (χ3v) is 4.72. The van der Waals surface area contributed by atoms with Gasteiger partial charge in [0.1, 0.15) is 5.41 Å². The van der Waals surface area contributed by atoms with Gasteiger partial charge in [-0.25, -0.2) is 0 Å². The first-order valence-electron chi connectivity index (χ1n) is 6.43. The topological polar surface area (TPSA) is 58.2 Å². The van der Waals surface area contributed by atoms with Crippen LogP contribution in [0.3, 0.4) is 0 Å². The fourth-order valence-electron chi connectivity index (χ4n) is 1.57. The molecule has 2 N–H and O–H groups in total. The van der Waals surface area contributed by atoms with Crippen LogP contribution in [0.1, 0.15) is 13.8 Å². The molecule has 2 aromatic rings. The minimum Gasteiger partial charge on any atom is -0.325 e. The second-order valence-corrected chi connectivity index (χ2v) is 7.77.